The molecular formula is C15H26N2OS. The summed E-state index contributed by atoms with van der Waals surface area (Å²) < 4.78 is 5.80. The van der Waals surface area contributed by atoms with E-state index in [-0.39, 0.29) is 6.10 Å². The minimum Gasteiger partial charge on any atom is -0.371 e. The van der Waals surface area contributed by atoms with Gasteiger partial charge in [-0.15, -0.1) is 11.3 Å². The zero-order valence-corrected chi connectivity index (χ0v) is 13.2. The fourth-order valence-corrected chi connectivity index (χ4v) is 4.07. The van der Waals surface area contributed by atoms with Crippen LogP contribution in [0.2, 0.25) is 0 Å². The van der Waals surface area contributed by atoms with E-state index in [1.807, 2.05) is 11.3 Å². The fourth-order valence-electron chi connectivity index (χ4n) is 2.75. The van der Waals surface area contributed by atoms with Crippen LogP contribution in [0.15, 0.2) is 0 Å². The van der Waals surface area contributed by atoms with Crippen LogP contribution in [-0.4, -0.2) is 24.7 Å². The molecule has 0 spiro atoms. The predicted octanol–water partition coefficient (Wildman–Crippen LogP) is 3.66. The number of hydrogen-bond donors (Lipinski definition) is 1. The second-order valence-corrected chi connectivity index (χ2v) is 6.22. The summed E-state index contributed by atoms with van der Waals surface area (Å²) in [4.78, 5) is 6.43. The highest BCUT2D eigenvalue weighted by Gasteiger charge is 2.26. The lowest BCUT2D eigenvalue weighted by atomic mass is 9.91. The van der Waals surface area contributed by atoms with Crippen molar-refractivity contribution in [1.29, 1.82) is 0 Å². The standard InChI is InChI=1S/C15H26N2OS/c1-4-12(18-6-3)15-17-14-11(10-16-5-2)8-7-9-13(14)19-15/h11-12,16H,4-10H2,1-3H3. The smallest absolute Gasteiger partial charge is 0.122 e. The number of ether oxygens (including phenoxy) is 1. The average molecular weight is 282 g/mol. The molecule has 1 aliphatic rings. The van der Waals surface area contributed by atoms with Crippen molar-refractivity contribution >= 4 is 11.3 Å². The quantitative estimate of drug-likeness (QED) is 0.828. The highest BCUT2D eigenvalue weighted by Crippen LogP contribution is 2.37. The molecule has 0 amide bonds. The lowest BCUT2D eigenvalue weighted by Crippen LogP contribution is -2.24. The van der Waals surface area contributed by atoms with E-state index in [1.54, 1.807) is 0 Å². The Morgan fingerprint density at radius 3 is 2.95 bits per heavy atom. The predicted molar refractivity (Wildman–Crippen MR) is 81.0 cm³/mol. The van der Waals surface area contributed by atoms with E-state index in [4.69, 9.17) is 9.72 Å². The van der Waals surface area contributed by atoms with Gasteiger partial charge in [0.15, 0.2) is 0 Å². The number of likely N-dealkylation sites (N-methyl/N-ethyl adjacent to an activating group) is 1. The van der Waals surface area contributed by atoms with Crippen LogP contribution in [0.1, 0.15) is 67.6 Å². The third kappa shape index (κ3) is 3.56. The van der Waals surface area contributed by atoms with E-state index in [9.17, 15) is 0 Å². The summed E-state index contributed by atoms with van der Waals surface area (Å²) in [6.07, 6.45) is 4.99. The van der Waals surface area contributed by atoms with Crippen molar-refractivity contribution in [2.75, 3.05) is 19.7 Å². The molecule has 0 saturated carbocycles. The van der Waals surface area contributed by atoms with Gasteiger partial charge in [0.25, 0.3) is 0 Å². The average Bonchev–Trinajstić information content (AvgIpc) is 2.86. The van der Waals surface area contributed by atoms with Crippen LogP contribution in [0.4, 0.5) is 0 Å². The topological polar surface area (TPSA) is 34.1 Å². The van der Waals surface area contributed by atoms with Gasteiger partial charge < -0.3 is 10.1 Å². The summed E-state index contributed by atoms with van der Waals surface area (Å²) >= 11 is 1.88. The normalized spacial score (nSPS) is 20.3. The Kier molecular flexibility index (Phi) is 5.79. The highest BCUT2D eigenvalue weighted by molar-refractivity contribution is 7.11. The summed E-state index contributed by atoms with van der Waals surface area (Å²) in [6.45, 7) is 9.28. The molecule has 4 heteroatoms. The molecule has 1 aromatic rings. The molecular weight excluding hydrogens is 256 g/mol. The van der Waals surface area contributed by atoms with Crippen molar-refractivity contribution in [3.05, 3.63) is 15.6 Å². The molecule has 0 fully saturated rings. The molecule has 1 aliphatic carbocycles. The van der Waals surface area contributed by atoms with Gasteiger partial charge >= 0.3 is 0 Å². The van der Waals surface area contributed by atoms with E-state index in [0.717, 1.165) is 26.1 Å². The number of aromatic nitrogens is 1. The van der Waals surface area contributed by atoms with Crippen LogP contribution < -0.4 is 5.32 Å². The monoisotopic (exact) mass is 282 g/mol. The lowest BCUT2D eigenvalue weighted by Gasteiger charge is -2.21. The van der Waals surface area contributed by atoms with Crippen molar-refractivity contribution in [3.63, 3.8) is 0 Å². The Morgan fingerprint density at radius 2 is 2.26 bits per heavy atom. The molecule has 2 atom stereocenters. The van der Waals surface area contributed by atoms with Gasteiger partial charge in [0.2, 0.25) is 0 Å². The third-order valence-corrected chi connectivity index (χ3v) is 4.97. The van der Waals surface area contributed by atoms with Crippen molar-refractivity contribution in [3.8, 4) is 0 Å². The van der Waals surface area contributed by atoms with Crippen LogP contribution in [0.3, 0.4) is 0 Å². The van der Waals surface area contributed by atoms with E-state index < -0.39 is 0 Å². The number of fused-ring (bicyclic) bond motifs is 1. The number of hydrogen-bond acceptors (Lipinski definition) is 4. The molecule has 3 nitrogen and oxygen atoms in total. The molecule has 108 valence electrons. The summed E-state index contributed by atoms with van der Waals surface area (Å²) in [5.74, 6) is 0.604. The third-order valence-electron chi connectivity index (χ3n) is 3.74. The molecule has 2 unspecified atom stereocenters. The molecule has 0 aromatic carbocycles. The second kappa shape index (κ2) is 7.36. The molecule has 0 bridgehead atoms. The largest absolute Gasteiger partial charge is 0.371 e. The summed E-state index contributed by atoms with van der Waals surface area (Å²) in [5, 5.41) is 4.66. The van der Waals surface area contributed by atoms with Gasteiger partial charge in [0, 0.05) is 23.9 Å². The van der Waals surface area contributed by atoms with E-state index >= 15 is 0 Å². The van der Waals surface area contributed by atoms with Gasteiger partial charge in [-0.25, -0.2) is 4.98 Å². The maximum absolute atomic E-state index is 5.80. The first-order chi connectivity index (χ1) is 9.30. The molecule has 1 aromatic heterocycles. The van der Waals surface area contributed by atoms with E-state index in [0.29, 0.717) is 5.92 Å². The van der Waals surface area contributed by atoms with Crippen molar-refractivity contribution < 1.29 is 4.74 Å². The first-order valence-electron chi connectivity index (χ1n) is 7.61. The first-order valence-corrected chi connectivity index (χ1v) is 8.43. The van der Waals surface area contributed by atoms with Crippen molar-refractivity contribution in [2.45, 2.75) is 58.5 Å². The van der Waals surface area contributed by atoms with Gasteiger partial charge in [-0.05, 0) is 39.2 Å². The summed E-state index contributed by atoms with van der Waals surface area (Å²) in [7, 11) is 0. The maximum Gasteiger partial charge on any atom is 0.122 e. The second-order valence-electron chi connectivity index (χ2n) is 5.11. The van der Waals surface area contributed by atoms with E-state index in [2.05, 4.69) is 26.1 Å². The zero-order chi connectivity index (χ0) is 13.7. The minimum atomic E-state index is 0.195. The number of nitrogens with zero attached hydrogens (tertiary/aromatic N) is 1. The minimum absolute atomic E-state index is 0.195. The van der Waals surface area contributed by atoms with Crippen molar-refractivity contribution in [1.82, 2.24) is 10.3 Å². The molecule has 1 heterocycles. The molecule has 0 saturated heterocycles. The van der Waals surface area contributed by atoms with Gasteiger partial charge in [0.05, 0.1) is 5.69 Å². The maximum atomic E-state index is 5.80. The van der Waals surface area contributed by atoms with Crippen molar-refractivity contribution in [2.24, 2.45) is 0 Å². The molecule has 19 heavy (non-hydrogen) atoms. The van der Waals surface area contributed by atoms with Gasteiger partial charge in [-0.2, -0.15) is 0 Å². The fraction of sp³-hybridized carbons (Fsp3) is 0.800. The Labute approximate surface area is 120 Å². The van der Waals surface area contributed by atoms with Gasteiger partial charge in [-0.3, -0.25) is 0 Å². The summed E-state index contributed by atoms with van der Waals surface area (Å²) in [6, 6.07) is 0. The number of aryl methyl sites for hydroxylation is 1. The zero-order valence-electron chi connectivity index (χ0n) is 12.4. The Balaban J connectivity index is 2.15. The number of rotatable bonds is 7. The first kappa shape index (κ1) is 14.9. The summed E-state index contributed by atoms with van der Waals surface area (Å²) in [5.41, 5.74) is 1.35. The highest BCUT2D eigenvalue weighted by atomic mass is 32.1. The molecule has 0 aliphatic heterocycles. The number of thiazole rings is 1. The van der Waals surface area contributed by atoms with Gasteiger partial charge in [0.1, 0.15) is 11.1 Å². The van der Waals surface area contributed by atoms with Gasteiger partial charge in [-0.1, -0.05) is 13.8 Å². The number of nitrogens with one attached hydrogen (secondary N) is 1. The van der Waals surface area contributed by atoms with Crippen LogP contribution in [-0.2, 0) is 11.2 Å². The van der Waals surface area contributed by atoms with E-state index in [1.165, 1.54) is 34.8 Å². The Hall–Kier alpha value is -0.450. The molecule has 2 rings (SSSR count). The van der Waals surface area contributed by atoms with Crippen LogP contribution >= 0.6 is 11.3 Å². The Bertz CT molecular complexity index is 391. The van der Waals surface area contributed by atoms with Crippen LogP contribution in [0.25, 0.3) is 0 Å². The van der Waals surface area contributed by atoms with Crippen LogP contribution in [0.5, 0.6) is 0 Å². The Morgan fingerprint density at radius 1 is 1.42 bits per heavy atom. The lowest BCUT2D eigenvalue weighted by molar-refractivity contribution is 0.0595. The molecule has 1 N–H and O–H groups in total. The SMILES string of the molecule is CCNCC1CCCc2sc(C(CC)OCC)nc21. The van der Waals surface area contributed by atoms with Crippen LogP contribution in [0, 0.1) is 0 Å². The molecule has 0 radical (unpaired) electrons.